The molecule has 2 aromatic carbocycles. The number of anilines is 1. The zero-order valence-corrected chi connectivity index (χ0v) is 22.3. The molecule has 2 amide bonds. The van der Waals surface area contributed by atoms with Crippen molar-refractivity contribution in [2.45, 2.75) is 39.2 Å². The molecule has 194 valence electrons. The SMILES string of the molecule is CCC(C)N(CC(=O)N1CCCN(c2ccc(-c3ccccc3Cl)nn2)CC1)C(=O)Cc1ccccc1. The van der Waals surface area contributed by atoms with Crippen molar-refractivity contribution < 1.29 is 9.59 Å². The molecular formula is C29H34ClN5O2. The Labute approximate surface area is 224 Å². The average Bonchev–Trinajstić information content (AvgIpc) is 3.19. The van der Waals surface area contributed by atoms with E-state index >= 15 is 0 Å². The number of aromatic nitrogens is 2. The minimum atomic E-state index is -0.0146. The number of amides is 2. The number of hydrogen-bond acceptors (Lipinski definition) is 5. The first-order valence-corrected chi connectivity index (χ1v) is 13.3. The van der Waals surface area contributed by atoms with Crippen LogP contribution >= 0.6 is 11.6 Å². The molecule has 1 unspecified atom stereocenters. The van der Waals surface area contributed by atoms with E-state index in [-0.39, 0.29) is 24.4 Å². The lowest BCUT2D eigenvalue weighted by Gasteiger charge is -2.31. The van der Waals surface area contributed by atoms with E-state index in [1.165, 1.54) is 0 Å². The summed E-state index contributed by atoms with van der Waals surface area (Å²) in [5.74, 6) is 0.757. The zero-order valence-electron chi connectivity index (χ0n) is 21.5. The molecule has 1 aliphatic rings. The number of nitrogens with zero attached hydrogens (tertiary/aromatic N) is 5. The number of hydrogen-bond donors (Lipinski definition) is 0. The van der Waals surface area contributed by atoms with Gasteiger partial charge >= 0.3 is 0 Å². The maximum atomic E-state index is 13.3. The third-order valence-corrected chi connectivity index (χ3v) is 7.25. The van der Waals surface area contributed by atoms with Gasteiger partial charge in [-0.25, -0.2) is 0 Å². The Balaban J connectivity index is 1.37. The number of benzene rings is 2. The Hall–Kier alpha value is -3.45. The number of halogens is 1. The van der Waals surface area contributed by atoms with Crippen molar-refractivity contribution in [3.05, 3.63) is 77.3 Å². The molecule has 0 aliphatic carbocycles. The molecule has 1 saturated heterocycles. The summed E-state index contributed by atoms with van der Waals surface area (Å²) in [5, 5.41) is 9.47. The number of rotatable bonds is 8. The van der Waals surface area contributed by atoms with Gasteiger partial charge in [0.2, 0.25) is 11.8 Å². The third kappa shape index (κ3) is 6.86. The minimum absolute atomic E-state index is 0.00412. The topological polar surface area (TPSA) is 69.6 Å². The van der Waals surface area contributed by atoms with Gasteiger partial charge in [-0.15, -0.1) is 10.2 Å². The van der Waals surface area contributed by atoms with Crippen LogP contribution in [0, 0.1) is 0 Å². The lowest BCUT2D eigenvalue weighted by Crippen LogP contribution is -2.47. The molecule has 4 rings (SSSR count). The van der Waals surface area contributed by atoms with Crippen LogP contribution in [-0.2, 0) is 16.0 Å². The highest BCUT2D eigenvalue weighted by Crippen LogP contribution is 2.26. The molecule has 1 atom stereocenters. The fourth-order valence-corrected chi connectivity index (χ4v) is 4.76. The lowest BCUT2D eigenvalue weighted by molar-refractivity contribution is -0.141. The number of carbonyl (C=O) groups is 2. The van der Waals surface area contributed by atoms with Gasteiger partial charge in [-0.1, -0.05) is 67.1 Å². The van der Waals surface area contributed by atoms with Crippen LogP contribution in [-0.4, -0.2) is 70.6 Å². The quantitative estimate of drug-likeness (QED) is 0.431. The summed E-state index contributed by atoms with van der Waals surface area (Å²) in [4.78, 5) is 32.2. The summed E-state index contributed by atoms with van der Waals surface area (Å²) in [6, 6.07) is 21.1. The van der Waals surface area contributed by atoms with E-state index in [9.17, 15) is 9.59 Å². The Kier molecular flexibility index (Phi) is 9.12. The molecule has 1 aliphatic heterocycles. The first-order valence-electron chi connectivity index (χ1n) is 12.9. The van der Waals surface area contributed by atoms with Crippen LogP contribution in [0.25, 0.3) is 11.3 Å². The van der Waals surface area contributed by atoms with Gasteiger partial charge in [-0.3, -0.25) is 9.59 Å². The molecule has 2 heterocycles. The van der Waals surface area contributed by atoms with E-state index in [1.807, 2.05) is 85.5 Å². The average molecular weight is 520 g/mol. The maximum absolute atomic E-state index is 13.3. The summed E-state index contributed by atoms with van der Waals surface area (Å²) in [6.45, 7) is 6.83. The van der Waals surface area contributed by atoms with E-state index in [2.05, 4.69) is 15.1 Å². The summed E-state index contributed by atoms with van der Waals surface area (Å²) in [7, 11) is 0. The third-order valence-electron chi connectivity index (χ3n) is 6.92. The van der Waals surface area contributed by atoms with Crippen molar-refractivity contribution >= 4 is 29.2 Å². The van der Waals surface area contributed by atoms with Crippen LogP contribution in [0.2, 0.25) is 5.02 Å². The molecule has 1 fully saturated rings. The van der Waals surface area contributed by atoms with Gasteiger partial charge in [-0.05, 0) is 43.5 Å². The van der Waals surface area contributed by atoms with Gasteiger partial charge in [0, 0.05) is 37.8 Å². The van der Waals surface area contributed by atoms with E-state index in [1.54, 1.807) is 4.90 Å². The Morgan fingerprint density at radius 2 is 1.70 bits per heavy atom. The van der Waals surface area contributed by atoms with Crippen LogP contribution in [0.5, 0.6) is 0 Å². The summed E-state index contributed by atoms with van der Waals surface area (Å²) < 4.78 is 0. The molecule has 7 nitrogen and oxygen atoms in total. The first-order chi connectivity index (χ1) is 18.0. The molecule has 3 aromatic rings. The van der Waals surface area contributed by atoms with Gasteiger partial charge in [0.05, 0.1) is 23.7 Å². The van der Waals surface area contributed by atoms with Gasteiger partial charge in [0.25, 0.3) is 0 Å². The van der Waals surface area contributed by atoms with Gasteiger partial charge < -0.3 is 14.7 Å². The highest BCUT2D eigenvalue weighted by molar-refractivity contribution is 6.33. The molecule has 0 N–H and O–H groups in total. The number of carbonyl (C=O) groups excluding carboxylic acids is 2. The predicted octanol–water partition coefficient (Wildman–Crippen LogP) is 4.71. The second kappa shape index (κ2) is 12.7. The molecule has 1 aromatic heterocycles. The van der Waals surface area contributed by atoms with E-state index in [0.29, 0.717) is 31.1 Å². The molecule has 0 saturated carbocycles. The Morgan fingerprint density at radius 1 is 0.946 bits per heavy atom. The second-order valence-electron chi connectivity index (χ2n) is 9.42. The van der Waals surface area contributed by atoms with Crippen LogP contribution < -0.4 is 4.90 Å². The summed E-state index contributed by atoms with van der Waals surface area (Å²) in [5.41, 5.74) is 2.54. The smallest absolute Gasteiger partial charge is 0.242 e. The molecule has 8 heteroatoms. The second-order valence-corrected chi connectivity index (χ2v) is 9.83. The normalized spacial score (nSPS) is 14.7. The van der Waals surface area contributed by atoms with Crippen LogP contribution in [0.4, 0.5) is 5.82 Å². The highest BCUT2D eigenvalue weighted by atomic mass is 35.5. The van der Waals surface area contributed by atoms with E-state index in [0.717, 1.165) is 42.0 Å². The highest BCUT2D eigenvalue weighted by Gasteiger charge is 2.26. The van der Waals surface area contributed by atoms with Crippen LogP contribution in [0.15, 0.2) is 66.7 Å². The summed E-state index contributed by atoms with van der Waals surface area (Å²) in [6.07, 6.45) is 1.92. The molecule has 0 radical (unpaired) electrons. The standard InChI is InChI=1S/C29H34ClN5O2/c1-3-22(2)35(28(36)20-23-10-5-4-6-11-23)21-29(37)34-17-9-16-33(18-19-34)27-15-14-26(31-32-27)24-12-7-8-13-25(24)30/h4-8,10-15,22H,3,9,16-21H2,1-2H3. The summed E-state index contributed by atoms with van der Waals surface area (Å²) >= 11 is 6.30. The molecule has 0 bridgehead atoms. The van der Waals surface area contributed by atoms with Crippen molar-refractivity contribution in [2.75, 3.05) is 37.6 Å². The fourth-order valence-electron chi connectivity index (χ4n) is 4.53. The van der Waals surface area contributed by atoms with E-state index < -0.39 is 0 Å². The van der Waals surface area contributed by atoms with Crippen molar-refractivity contribution in [3.63, 3.8) is 0 Å². The van der Waals surface area contributed by atoms with Crippen molar-refractivity contribution in [3.8, 4) is 11.3 Å². The lowest BCUT2D eigenvalue weighted by atomic mass is 10.1. The largest absolute Gasteiger partial charge is 0.353 e. The van der Waals surface area contributed by atoms with Crippen LogP contribution in [0.1, 0.15) is 32.3 Å². The van der Waals surface area contributed by atoms with Gasteiger partial charge in [-0.2, -0.15) is 0 Å². The van der Waals surface area contributed by atoms with E-state index in [4.69, 9.17) is 11.6 Å². The van der Waals surface area contributed by atoms with Crippen molar-refractivity contribution in [1.29, 1.82) is 0 Å². The minimum Gasteiger partial charge on any atom is -0.353 e. The van der Waals surface area contributed by atoms with Crippen molar-refractivity contribution in [2.24, 2.45) is 0 Å². The van der Waals surface area contributed by atoms with Crippen LogP contribution in [0.3, 0.4) is 0 Å². The maximum Gasteiger partial charge on any atom is 0.242 e. The Morgan fingerprint density at radius 3 is 2.41 bits per heavy atom. The fraction of sp³-hybridized carbons (Fsp3) is 0.379. The molecule has 37 heavy (non-hydrogen) atoms. The first kappa shape index (κ1) is 26.6. The molecule has 0 spiro atoms. The van der Waals surface area contributed by atoms with Gasteiger partial charge in [0.1, 0.15) is 0 Å². The molecular weight excluding hydrogens is 486 g/mol. The van der Waals surface area contributed by atoms with Crippen molar-refractivity contribution in [1.82, 2.24) is 20.0 Å². The monoisotopic (exact) mass is 519 g/mol. The Bertz CT molecular complexity index is 1190. The zero-order chi connectivity index (χ0) is 26.2. The predicted molar refractivity (Wildman–Crippen MR) is 147 cm³/mol. The van der Waals surface area contributed by atoms with Gasteiger partial charge in [0.15, 0.2) is 5.82 Å².